The van der Waals surface area contributed by atoms with Gasteiger partial charge in [0.2, 0.25) is 0 Å². The molecule has 2 aromatic carbocycles. The second-order valence-corrected chi connectivity index (χ2v) is 7.74. The van der Waals surface area contributed by atoms with Crippen LogP contribution in [-0.2, 0) is 11.3 Å². The first-order chi connectivity index (χ1) is 15.1. The van der Waals surface area contributed by atoms with E-state index in [-0.39, 0.29) is 12.0 Å². The minimum absolute atomic E-state index is 0.0406. The number of carbonyl (C=O) groups is 1. The van der Waals surface area contributed by atoms with Crippen LogP contribution in [0, 0.1) is 6.92 Å². The van der Waals surface area contributed by atoms with Gasteiger partial charge in [-0.05, 0) is 49.6 Å². The van der Waals surface area contributed by atoms with Crippen molar-refractivity contribution in [3.05, 3.63) is 70.8 Å². The summed E-state index contributed by atoms with van der Waals surface area (Å²) in [6.07, 6.45) is 0.0406. The molecule has 0 spiro atoms. The maximum absolute atomic E-state index is 12.5. The molecular formula is C25H34N4O2. The third kappa shape index (κ3) is 5.64. The van der Waals surface area contributed by atoms with Gasteiger partial charge < -0.3 is 19.9 Å². The number of aliphatic imine (C=N–C) groups is 1. The van der Waals surface area contributed by atoms with Crippen molar-refractivity contribution < 1.29 is 9.53 Å². The molecule has 6 heteroatoms. The Morgan fingerprint density at radius 1 is 1.16 bits per heavy atom. The highest BCUT2D eigenvalue weighted by Gasteiger charge is 2.25. The molecule has 1 heterocycles. The summed E-state index contributed by atoms with van der Waals surface area (Å²) in [6, 6.07) is 16.2. The number of benzene rings is 2. The van der Waals surface area contributed by atoms with E-state index in [9.17, 15) is 4.79 Å². The molecule has 6 nitrogen and oxygen atoms in total. The second kappa shape index (κ2) is 11.0. The molecule has 1 aliphatic heterocycles. The molecule has 0 radical (unpaired) electrons. The summed E-state index contributed by atoms with van der Waals surface area (Å²) in [6.45, 7) is 10.5. The summed E-state index contributed by atoms with van der Waals surface area (Å²) in [5.41, 5.74) is 4.32. The van der Waals surface area contributed by atoms with E-state index in [1.807, 2.05) is 50.1 Å². The predicted octanol–water partition coefficient (Wildman–Crippen LogP) is 3.63. The lowest BCUT2D eigenvalue weighted by molar-refractivity contribution is -0.00833. The smallest absolute Gasteiger partial charge is 0.253 e. The number of ether oxygens (including phenoxy) is 1. The van der Waals surface area contributed by atoms with Gasteiger partial charge in [-0.25, -0.2) is 0 Å². The highest BCUT2D eigenvalue weighted by molar-refractivity contribution is 5.94. The molecule has 0 bridgehead atoms. The van der Waals surface area contributed by atoms with E-state index in [0.717, 1.165) is 43.3 Å². The maximum atomic E-state index is 12.5. The molecule has 1 aliphatic rings. The lowest BCUT2D eigenvalue weighted by Gasteiger charge is -2.35. The largest absolute Gasteiger partial charge is 0.370 e. The number of aryl methyl sites for hydroxylation is 1. The van der Waals surface area contributed by atoms with Crippen LogP contribution in [0.25, 0.3) is 0 Å². The Morgan fingerprint density at radius 2 is 1.87 bits per heavy atom. The van der Waals surface area contributed by atoms with E-state index in [1.54, 1.807) is 0 Å². The third-order valence-electron chi connectivity index (χ3n) is 5.82. The van der Waals surface area contributed by atoms with E-state index in [2.05, 4.69) is 46.4 Å². The lowest BCUT2D eigenvalue weighted by atomic mass is 10.0. The summed E-state index contributed by atoms with van der Waals surface area (Å²) in [5.74, 6) is 0.945. The van der Waals surface area contributed by atoms with Gasteiger partial charge in [0.05, 0.1) is 13.2 Å². The van der Waals surface area contributed by atoms with Gasteiger partial charge in [-0.15, -0.1) is 0 Å². The highest BCUT2D eigenvalue weighted by atomic mass is 16.5. The Morgan fingerprint density at radius 3 is 2.52 bits per heavy atom. The third-order valence-corrected chi connectivity index (χ3v) is 5.82. The van der Waals surface area contributed by atoms with Crippen molar-refractivity contribution in [1.82, 2.24) is 15.1 Å². The molecule has 166 valence electrons. The number of guanidine groups is 1. The molecule has 0 saturated carbocycles. The fourth-order valence-electron chi connectivity index (χ4n) is 3.95. The quantitative estimate of drug-likeness (QED) is 0.571. The Hall–Kier alpha value is -2.86. The van der Waals surface area contributed by atoms with Crippen LogP contribution in [0.2, 0.25) is 0 Å². The molecule has 3 rings (SSSR count). The number of nitrogens with one attached hydrogen (secondary N) is 1. The van der Waals surface area contributed by atoms with Gasteiger partial charge in [0.15, 0.2) is 5.96 Å². The van der Waals surface area contributed by atoms with Crippen molar-refractivity contribution in [2.24, 2.45) is 4.99 Å². The van der Waals surface area contributed by atoms with Crippen molar-refractivity contribution >= 4 is 11.9 Å². The van der Waals surface area contributed by atoms with Crippen molar-refractivity contribution in [2.45, 2.75) is 33.4 Å². The van der Waals surface area contributed by atoms with Crippen LogP contribution in [0.15, 0.2) is 53.5 Å². The lowest BCUT2D eigenvalue weighted by Crippen LogP contribution is -2.48. The van der Waals surface area contributed by atoms with Crippen LogP contribution in [0.5, 0.6) is 0 Å². The minimum Gasteiger partial charge on any atom is -0.370 e. The summed E-state index contributed by atoms with van der Waals surface area (Å²) in [5, 5.41) is 3.46. The van der Waals surface area contributed by atoms with Gasteiger partial charge >= 0.3 is 0 Å². The molecule has 31 heavy (non-hydrogen) atoms. The van der Waals surface area contributed by atoms with E-state index in [1.165, 1.54) is 11.1 Å². The molecule has 1 atom stereocenters. The van der Waals surface area contributed by atoms with Gasteiger partial charge in [0.1, 0.15) is 6.10 Å². The number of amides is 1. The molecule has 1 amide bonds. The normalized spacial score (nSPS) is 16.8. The second-order valence-electron chi connectivity index (χ2n) is 7.74. The molecule has 1 unspecified atom stereocenters. The maximum Gasteiger partial charge on any atom is 0.253 e. The summed E-state index contributed by atoms with van der Waals surface area (Å²) in [4.78, 5) is 21.0. The van der Waals surface area contributed by atoms with Crippen molar-refractivity contribution in [3.8, 4) is 0 Å². The number of hydrogen-bond acceptors (Lipinski definition) is 3. The fraction of sp³-hybridized carbons (Fsp3) is 0.440. The van der Waals surface area contributed by atoms with Crippen LogP contribution >= 0.6 is 0 Å². The van der Waals surface area contributed by atoms with Gasteiger partial charge in [0, 0.05) is 38.8 Å². The zero-order valence-electron chi connectivity index (χ0n) is 19.1. The first kappa shape index (κ1) is 22.8. The van der Waals surface area contributed by atoms with Gasteiger partial charge in [-0.2, -0.15) is 0 Å². The Kier molecular flexibility index (Phi) is 8.06. The zero-order chi connectivity index (χ0) is 22.2. The number of hydrogen-bond donors (Lipinski definition) is 1. The highest BCUT2D eigenvalue weighted by Crippen LogP contribution is 2.25. The SMILES string of the molecule is CCN(CC)C(=O)c1ccc(CNC(=NC)N2CCOC(c3ccccc3C)C2)cc1. The zero-order valence-corrected chi connectivity index (χ0v) is 19.1. The van der Waals surface area contributed by atoms with E-state index < -0.39 is 0 Å². The first-order valence-corrected chi connectivity index (χ1v) is 11.1. The molecule has 0 aromatic heterocycles. The Bertz CT molecular complexity index is 891. The minimum atomic E-state index is 0.0406. The van der Waals surface area contributed by atoms with Crippen molar-refractivity contribution in [1.29, 1.82) is 0 Å². The number of nitrogens with zero attached hydrogens (tertiary/aromatic N) is 3. The van der Waals surface area contributed by atoms with Gasteiger partial charge in [-0.1, -0.05) is 36.4 Å². The predicted molar refractivity (Wildman–Crippen MR) is 125 cm³/mol. The Labute approximate surface area is 185 Å². The number of rotatable bonds is 6. The monoisotopic (exact) mass is 422 g/mol. The van der Waals surface area contributed by atoms with Crippen LogP contribution in [0.3, 0.4) is 0 Å². The summed E-state index contributed by atoms with van der Waals surface area (Å²) >= 11 is 0. The van der Waals surface area contributed by atoms with E-state index in [0.29, 0.717) is 13.2 Å². The average Bonchev–Trinajstić information content (AvgIpc) is 2.81. The molecular weight excluding hydrogens is 388 g/mol. The standard InChI is InChI=1S/C25H34N4O2/c1-5-28(6-2)24(30)21-13-11-20(12-14-21)17-27-25(26-4)29-15-16-31-23(18-29)22-10-8-7-9-19(22)3/h7-14,23H,5-6,15-18H2,1-4H3,(H,26,27). The average molecular weight is 423 g/mol. The molecule has 0 aliphatic carbocycles. The van der Waals surface area contributed by atoms with Crippen molar-refractivity contribution in [2.75, 3.05) is 39.8 Å². The molecule has 1 fully saturated rings. The van der Waals surface area contributed by atoms with Gasteiger partial charge in [0.25, 0.3) is 5.91 Å². The van der Waals surface area contributed by atoms with Crippen LogP contribution in [-0.4, -0.2) is 61.5 Å². The van der Waals surface area contributed by atoms with E-state index >= 15 is 0 Å². The molecule has 2 aromatic rings. The Balaban J connectivity index is 1.60. The van der Waals surface area contributed by atoms with Gasteiger partial charge in [-0.3, -0.25) is 9.79 Å². The molecule has 1 saturated heterocycles. The van der Waals surface area contributed by atoms with E-state index in [4.69, 9.17) is 4.74 Å². The summed E-state index contributed by atoms with van der Waals surface area (Å²) < 4.78 is 6.05. The van der Waals surface area contributed by atoms with Crippen LogP contribution in [0.1, 0.15) is 47.0 Å². The topological polar surface area (TPSA) is 57.2 Å². The van der Waals surface area contributed by atoms with Crippen molar-refractivity contribution in [3.63, 3.8) is 0 Å². The summed E-state index contributed by atoms with van der Waals surface area (Å²) in [7, 11) is 1.81. The number of morpholine rings is 1. The fourth-order valence-corrected chi connectivity index (χ4v) is 3.95. The van der Waals surface area contributed by atoms with Crippen LogP contribution in [0.4, 0.5) is 0 Å². The van der Waals surface area contributed by atoms with Crippen LogP contribution < -0.4 is 5.32 Å². The number of carbonyl (C=O) groups excluding carboxylic acids is 1. The molecule has 1 N–H and O–H groups in total. The first-order valence-electron chi connectivity index (χ1n) is 11.1.